The number of piperazine rings is 1. The Hall–Kier alpha value is -4.34. The van der Waals surface area contributed by atoms with Gasteiger partial charge in [0.15, 0.2) is 0 Å². The number of nitro groups is 1. The second-order valence-electron chi connectivity index (χ2n) is 9.92. The number of nitro benzene ring substituents is 1. The van der Waals surface area contributed by atoms with Crippen molar-refractivity contribution in [1.82, 2.24) is 9.88 Å². The van der Waals surface area contributed by atoms with Crippen LogP contribution in [0.25, 0.3) is 10.9 Å². The number of aromatic amines is 1. The molecule has 0 unspecified atom stereocenters. The van der Waals surface area contributed by atoms with Gasteiger partial charge in [0.05, 0.1) is 10.5 Å². The van der Waals surface area contributed by atoms with Crippen LogP contribution >= 0.6 is 0 Å². The minimum Gasteiger partial charge on any atom is -0.368 e. The van der Waals surface area contributed by atoms with Gasteiger partial charge >= 0.3 is 6.18 Å². The molecule has 40 heavy (non-hydrogen) atoms. The van der Waals surface area contributed by atoms with Gasteiger partial charge in [-0.2, -0.15) is 13.2 Å². The fourth-order valence-electron chi connectivity index (χ4n) is 5.57. The van der Waals surface area contributed by atoms with Crippen LogP contribution < -0.4 is 4.90 Å². The number of nitrogens with one attached hydrogen (secondary N) is 1. The van der Waals surface area contributed by atoms with E-state index in [4.69, 9.17) is 0 Å². The fraction of sp³-hybridized carbons (Fsp3) is 0.300. The SMILES string of the molecule is CCc1cccc2c([C@H](CC(=O)N3CCN(c4ccc([N+](=O)[O-])cc4)CC3)c3ccccc3C(F)(F)F)c[nH]c12. The number of alkyl halides is 3. The number of hydrogen-bond acceptors (Lipinski definition) is 4. The van der Waals surface area contributed by atoms with E-state index in [9.17, 15) is 28.1 Å². The molecule has 0 spiro atoms. The molecule has 0 radical (unpaired) electrons. The summed E-state index contributed by atoms with van der Waals surface area (Å²) in [5.74, 6) is -1.01. The lowest BCUT2D eigenvalue weighted by atomic mass is 9.84. The van der Waals surface area contributed by atoms with Gasteiger partial charge in [-0.3, -0.25) is 14.9 Å². The van der Waals surface area contributed by atoms with Crippen molar-refractivity contribution < 1.29 is 22.9 Å². The lowest BCUT2D eigenvalue weighted by molar-refractivity contribution is -0.384. The van der Waals surface area contributed by atoms with E-state index in [1.807, 2.05) is 30.0 Å². The number of carbonyl (C=O) groups excluding carboxylic acids is 1. The number of H-pyrrole nitrogens is 1. The molecule has 0 aliphatic carbocycles. The minimum absolute atomic E-state index is 0.00563. The number of rotatable bonds is 7. The molecule has 3 aromatic carbocycles. The second kappa shape index (κ2) is 11.0. The highest BCUT2D eigenvalue weighted by Crippen LogP contribution is 2.41. The van der Waals surface area contributed by atoms with E-state index >= 15 is 0 Å². The third-order valence-corrected chi connectivity index (χ3v) is 7.67. The molecule has 0 bridgehead atoms. The van der Waals surface area contributed by atoms with E-state index in [1.165, 1.54) is 24.3 Å². The van der Waals surface area contributed by atoms with Crippen LogP contribution in [0.15, 0.2) is 72.9 Å². The summed E-state index contributed by atoms with van der Waals surface area (Å²) in [6.07, 6.45) is -2.16. The number of aryl methyl sites for hydroxylation is 1. The molecule has 1 aliphatic heterocycles. The predicted octanol–water partition coefficient (Wildman–Crippen LogP) is 6.53. The van der Waals surface area contributed by atoms with Crippen LogP contribution in [0.1, 0.15) is 41.5 Å². The van der Waals surface area contributed by atoms with Crippen LogP contribution in [-0.4, -0.2) is 46.9 Å². The van der Waals surface area contributed by atoms with Gasteiger partial charge in [0.2, 0.25) is 5.91 Å². The molecule has 4 aromatic rings. The maximum atomic E-state index is 14.1. The summed E-state index contributed by atoms with van der Waals surface area (Å²) < 4.78 is 42.3. The smallest absolute Gasteiger partial charge is 0.368 e. The van der Waals surface area contributed by atoms with Gasteiger partial charge in [-0.05, 0) is 41.3 Å². The van der Waals surface area contributed by atoms with Crippen molar-refractivity contribution in [2.75, 3.05) is 31.1 Å². The summed E-state index contributed by atoms with van der Waals surface area (Å²) in [7, 11) is 0. The van der Waals surface area contributed by atoms with Crippen LogP contribution in [0, 0.1) is 10.1 Å². The molecule has 7 nitrogen and oxygen atoms in total. The molecule has 1 amide bonds. The molecule has 5 rings (SSSR count). The number of carbonyl (C=O) groups is 1. The van der Waals surface area contributed by atoms with Crippen LogP contribution in [-0.2, 0) is 17.4 Å². The first-order valence-corrected chi connectivity index (χ1v) is 13.2. The quantitative estimate of drug-likeness (QED) is 0.210. The highest BCUT2D eigenvalue weighted by Gasteiger charge is 2.37. The zero-order chi connectivity index (χ0) is 28.4. The number of amides is 1. The molecular weight excluding hydrogens is 521 g/mol. The second-order valence-corrected chi connectivity index (χ2v) is 9.92. The van der Waals surface area contributed by atoms with Crippen molar-refractivity contribution in [2.24, 2.45) is 0 Å². The van der Waals surface area contributed by atoms with Gasteiger partial charge in [0, 0.05) is 73.4 Å². The molecular formula is C30H29F3N4O3. The van der Waals surface area contributed by atoms with E-state index in [2.05, 4.69) is 4.98 Å². The number of hydrogen-bond donors (Lipinski definition) is 1. The maximum Gasteiger partial charge on any atom is 0.416 e. The highest BCUT2D eigenvalue weighted by atomic mass is 19.4. The molecule has 208 valence electrons. The number of non-ortho nitro benzene ring substituents is 1. The van der Waals surface area contributed by atoms with E-state index in [1.54, 1.807) is 29.3 Å². The normalized spacial score (nSPS) is 14.9. The van der Waals surface area contributed by atoms with Crippen molar-refractivity contribution in [1.29, 1.82) is 0 Å². The summed E-state index contributed by atoms with van der Waals surface area (Å²) in [5.41, 5.74) is 2.76. The van der Waals surface area contributed by atoms with Crippen LogP contribution in [0.4, 0.5) is 24.5 Å². The zero-order valence-electron chi connectivity index (χ0n) is 21.9. The first-order valence-electron chi connectivity index (χ1n) is 13.2. The first-order chi connectivity index (χ1) is 19.2. The molecule has 1 saturated heterocycles. The Labute approximate surface area is 229 Å². The van der Waals surface area contributed by atoms with Crippen LogP contribution in [0.3, 0.4) is 0 Å². The van der Waals surface area contributed by atoms with Crippen molar-refractivity contribution in [2.45, 2.75) is 31.9 Å². The monoisotopic (exact) mass is 550 g/mol. The Morgan fingerprint density at radius 1 is 0.975 bits per heavy atom. The van der Waals surface area contributed by atoms with E-state index < -0.39 is 22.6 Å². The molecule has 10 heteroatoms. The number of benzene rings is 3. The summed E-state index contributed by atoms with van der Waals surface area (Å²) in [6, 6.07) is 17.5. The van der Waals surface area contributed by atoms with E-state index in [0.717, 1.165) is 34.6 Å². The largest absolute Gasteiger partial charge is 0.416 e. The third kappa shape index (κ3) is 5.38. The lowest BCUT2D eigenvalue weighted by Crippen LogP contribution is -2.49. The van der Waals surface area contributed by atoms with E-state index in [-0.39, 0.29) is 23.6 Å². The molecule has 1 aromatic heterocycles. The number of para-hydroxylation sites is 1. The standard InChI is InChI=1S/C30H29F3N4O3/c1-2-20-6-5-8-24-26(19-34-29(20)24)25(23-7-3-4-9-27(23)30(31,32)33)18-28(38)36-16-14-35(15-17-36)21-10-12-22(13-11-21)37(39)40/h3-13,19,25,34H,2,14-18H2,1H3/t25-/m1/s1. The number of halogens is 3. The van der Waals surface area contributed by atoms with Crippen molar-refractivity contribution >= 4 is 28.2 Å². The van der Waals surface area contributed by atoms with Crippen molar-refractivity contribution in [3.63, 3.8) is 0 Å². The Bertz CT molecular complexity index is 1520. The predicted molar refractivity (Wildman–Crippen MR) is 147 cm³/mol. The topological polar surface area (TPSA) is 82.5 Å². The van der Waals surface area contributed by atoms with Gasteiger partial charge in [-0.1, -0.05) is 43.3 Å². The fourth-order valence-corrected chi connectivity index (χ4v) is 5.57. The molecule has 1 aliphatic rings. The Morgan fingerprint density at radius 3 is 2.33 bits per heavy atom. The molecule has 2 heterocycles. The van der Waals surface area contributed by atoms with Gasteiger partial charge in [-0.25, -0.2) is 0 Å². The average Bonchev–Trinajstić information content (AvgIpc) is 3.39. The molecule has 1 atom stereocenters. The van der Waals surface area contributed by atoms with Crippen LogP contribution in [0.2, 0.25) is 0 Å². The molecule has 1 fully saturated rings. The number of anilines is 1. The van der Waals surface area contributed by atoms with Gasteiger partial charge < -0.3 is 14.8 Å². The van der Waals surface area contributed by atoms with Crippen molar-refractivity contribution in [3.8, 4) is 0 Å². The minimum atomic E-state index is -4.56. The summed E-state index contributed by atoms with van der Waals surface area (Å²) in [4.78, 5) is 31.1. The third-order valence-electron chi connectivity index (χ3n) is 7.67. The molecule has 1 N–H and O–H groups in total. The number of aromatic nitrogens is 1. The van der Waals surface area contributed by atoms with Crippen molar-refractivity contribution in [3.05, 3.63) is 105 Å². The van der Waals surface area contributed by atoms with Gasteiger partial charge in [-0.15, -0.1) is 0 Å². The lowest BCUT2D eigenvalue weighted by Gasteiger charge is -2.36. The molecule has 0 saturated carbocycles. The van der Waals surface area contributed by atoms with Gasteiger partial charge in [0.1, 0.15) is 0 Å². The summed E-state index contributed by atoms with van der Waals surface area (Å²) >= 11 is 0. The Kier molecular flexibility index (Phi) is 7.51. The van der Waals surface area contributed by atoms with Gasteiger partial charge in [0.25, 0.3) is 5.69 Å². The Balaban J connectivity index is 1.41. The average molecular weight is 551 g/mol. The summed E-state index contributed by atoms with van der Waals surface area (Å²) in [6.45, 7) is 3.85. The number of nitrogens with zero attached hydrogens (tertiary/aromatic N) is 3. The van der Waals surface area contributed by atoms with E-state index in [0.29, 0.717) is 31.7 Å². The zero-order valence-corrected chi connectivity index (χ0v) is 21.9. The Morgan fingerprint density at radius 2 is 1.68 bits per heavy atom. The maximum absolute atomic E-state index is 14.1. The number of fused-ring (bicyclic) bond motifs is 1. The highest BCUT2D eigenvalue weighted by molar-refractivity contribution is 5.88. The van der Waals surface area contributed by atoms with Crippen LogP contribution in [0.5, 0.6) is 0 Å². The first kappa shape index (κ1) is 27.2. The summed E-state index contributed by atoms with van der Waals surface area (Å²) in [5, 5.41) is 11.8.